The number of aromatic nitrogens is 2. The van der Waals surface area contributed by atoms with Crippen LogP contribution >= 0.6 is 0 Å². The molecule has 1 atom stereocenters. The van der Waals surface area contributed by atoms with Gasteiger partial charge in [0.15, 0.2) is 5.78 Å². The van der Waals surface area contributed by atoms with Gasteiger partial charge in [-0.3, -0.25) is 9.78 Å². The molecule has 30 heavy (non-hydrogen) atoms. The van der Waals surface area contributed by atoms with E-state index in [1.54, 1.807) is 25.7 Å². The zero-order chi connectivity index (χ0) is 20.9. The van der Waals surface area contributed by atoms with E-state index in [9.17, 15) is 9.90 Å². The van der Waals surface area contributed by atoms with Crippen LogP contribution in [-0.4, -0.2) is 34.6 Å². The van der Waals surface area contributed by atoms with E-state index in [4.69, 9.17) is 4.74 Å². The molecule has 0 saturated heterocycles. The first-order valence-electron chi connectivity index (χ1n) is 9.75. The minimum absolute atomic E-state index is 0.0589. The van der Waals surface area contributed by atoms with Crippen molar-refractivity contribution in [1.29, 1.82) is 0 Å². The van der Waals surface area contributed by atoms with Gasteiger partial charge in [-0.25, -0.2) is 0 Å². The summed E-state index contributed by atoms with van der Waals surface area (Å²) in [6, 6.07) is 16.7. The number of hydrogen-bond donors (Lipinski definition) is 3. The van der Waals surface area contributed by atoms with Gasteiger partial charge >= 0.3 is 0 Å². The highest BCUT2D eigenvalue weighted by Crippen LogP contribution is 2.29. The number of nitrogens with zero attached hydrogens (tertiary/aromatic N) is 1. The largest absolute Gasteiger partial charge is 0.495 e. The Balaban J connectivity index is 1.74. The molecule has 0 fully saturated rings. The van der Waals surface area contributed by atoms with Crippen molar-refractivity contribution >= 4 is 22.4 Å². The first-order chi connectivity index (χ1) is 14.7. The number of carbonyl (C=O) groups is 1. The van der Waals surface area contributed by atoms with E-state index in [1.807, 2.05) is 54.6 Å². The molecular formula is C24H23N3O3. The maximum absolute atomic E-state index is 13.7. The fourth-order valence-corrected chi connectivity index (χ4v) is 3.53. The summed E-state index contributed by atoms with van der Waals surface area (Å²) in [7, 11) is 1.58. The number of rotatable bonds is 8. The molecule has 3 N–H and O–H groups in total. The highest BCUT2D eigenvalue weighted by Gasteiger charge is 2.25. The maximum Gasteiger partial charge on any atom is 0.191 e. The molecule has 6 heteroatoms. The zero-order valence-electron chi connectivity index (χ0n) is 16.6. The summed E-state index contributed by atoms with van der Waals surface area (Å²) in [6.07, 6.45) is 5.58. The van der Waals surface area contributed by atoms with Crippen molar-refractivity contribution in [3.8, 4) is 5.75 Å². The number of ketones is 1. The summed E-state index contributed by atoms with van der Waals surface area (Å²) >= 11 is 0. The number of benzene rings is 2. The van der Waals surface area contributed by atoms with E-state index < -0.39 is 6.04 Å². The third-order valence-corrected chi connectivity index (χ3v) is 5.07. The Labute approximate surface area is 174 Å². The van der Waals surface area contributed by atoms with Crippen LogP contribution in [0.2, 0.25) is 0 Å². The van der Waals surface area contributed by atoms with Gasteiger partial charge in [0.25, 0.3) is 0 Å². The Morgan fingerprint density at radius 2 is 2.00 bits per heavy atom. The normalized spacial score (nSPS) is 11.9. The molecule has 1 unspecified atom stereocenters. The molecule has 0 amide bonds. The lowest BCUT2D eigenvalue weighted by molar-refractivity contribution is 0.0971. The van der Waals surface area contributed by atoms with Crippen LogP contribution in [0, 0.1) is 0 Å². The molecule has 0 aliphatic heterocycles. The number of carbonyl (C=O) groups excluding carboxylic acids is 1. The smallest absolute Gasteiger partial charge is 0.191 e. The van der Waals surface area contributed by atoms with Crippen LogP contribution in [0.3, 0.4) is 0 Å². The van der Waals surface area contributed by atoms with Gasteiger partial charge in [-0.2, -0.15) is 0 Å². The number of aliphatic hydroxyl groups excluding tert-OH is 1. The lowest BCUT2D eigenvalue weighted by Gasteiger charge is -2.19. The molecule has 2 heterocycles. The van der Waals surface area contributed by atoms with E-state index >= 15 is 0 Å². The lowest BCUT2D eigenvalue weighted by Crippen LogP contribution is -2.21. The van der Waals surface area contributed by atoms with Gasteiger partial charge in [0.05, 0.1) is 25.2 Å². The second kappa shape index (κ2) is 8.80. The number of hydrogen-bond acceptors (Lipinski definition) is 5. The molecule has 152 valence electrons. The standard InChI is InChI=1S/C24H23N3O3/c1-30-19-12-18(13-25-14-19)27-23(17-5-3-2-4-6-17)24(29)21-15-26-22-8-7-16(9-10-28)11-20(21)22/h2-8,11-15,23,26-28H,9-10H2,1H3. The third-order valence-electron chi connectivity index (χ3n) is 5.07. The van der Waals surface area contributed by atoms with E-state index in [2.05, 4.69) is 15.3 Å². The number of aromatic amines is 1. The molecule has 0 aliphatic rings. The maximum atomic E-state index is 13.7. The van der Waals surface area contributed by atoms with Gasteiger partial charge in [0, 0.05) is 35.3 Å². The molecular weight excluding hydrogens is 378 g/mol. The van der Waals surface area contributed by atoms with Crippen LogP contribution in [0.5, 0.6) is 5.75 Å². The number of aliphatic hydroxyl groups is 1. The van der Waals surface area contributed by atoms with Gasteiger partial charge in [0.1, 0.15) is 11.8 Å². The molecule has 0 saturated carbocycles. The molecule has 0 spiro atoms. The van der Waals surface area contributed by atoms with Crippen molar-refractivity contribution in [2.24, 2.45) is 0 Å². The highest BCUT2D eigenvalue weighted by molar-refractivity contribution is 6.11. The van der Waals surface area contributed by atoms with Gasteiger partial charge in [-0.05, 0) is 29.7 Å². The van der Waals surface area contributed by atoms with Crippen LogP contribution in [0.25, 0.3) is 10.9 Å². The Hall–Kier alpha value is -3.64. The number of Topliss-reactive ketones (excluding diaryl/α,β-unsaturated/α-hetero) is 1. The molecule has 2 aromatic carbocycles. The first kappa shape index (κ1) is 19.7. The summed E-state index contributed by atoms with van der Waals surface area (Å²) in [5, 5.41) is 13.4. The average Bonchev–Trinajstić information content (AvgIpc) is 3.21. The molecule has 6 nitrogen and oxygen atoms in total. The third kappa shape index (κ3) is 4.04. The molecule has 0 radical (unpaired) electrons. The Morgan fingerprint density at radius 3 is 2.77 bits per heavy atom. The highest BCUT2D eigenvalue weighted by atomic mass is 16.5. The van der Waals surface area contributed by atoms with Crippen LogP contribution in [0.4, 0.5) is 5.69 Å². The molecule has 0 aliphatic carbocycles. The van der Waals surface area contributed by atoms with Crippen LogP contribution in [0.15, 0.2) is 73.2 Å². The van der Waals surface area contributed by atoms with Gasteiger partial charge in [-0.15, -0.1) is 0 Å². The number of ether oxygens (including phenoxy) is 1. The van der Waals surface area contributed by atoms with E-state index in [0.29, 0.717) is 23.4 Å². The van der Waals surface area contributed by atoms with Gasteiger partial charge < -0.3 is 20.1 Å². The summed E-state index contributed by atoms with van der Waals surface area (Å²) in [5.41, 5.74) is 4.01. The number of H-pyrrole nitrogens is 1. The number of methoxy groups -OCH3 is 1. The minimum atomic E-state index is -0.597. The van der Waals surface area contributed by atoms with Gasteiger partial charge in [-0.1, -0.05) is 36.4 Å². The second-order valence-corrected chi connectivity index (χ2v) is 7.02. The molecule has 4 aromatic rings. The Bertz CT molecular complexity index is 1150. The van der Waals surface area contributed by atoms with Gasteiger partial charge in [0.2, 0.25) is 0 Å². The monoisotopic (exact) mass is 401 g/mol. The average molecular weight is 401 g/mol. The fraction of sp³-hybridized carbons (Fsp3) is 0.167. The number of pyridine rings is 1. The predicted molar refractivity (Wildman–Crippen MR) is 117 cm³/mol. The zero-order valence-corrected chi connectivity index (χ0v) is 16.6. The lowest BCUT2D eigenvalue weighted by atomic mass is 9.96. The van der Waals surface area contributed by atoms with E-state index in [1.165, 1.54) is 0 Å². The van der Waals surface area contributed by atoms with Crippen LogP contribution in [0.1, 0.15) is 27.5 Å². The van der Waals surface area contributed by atoms with Crippen molar-refractivity contribution in [3.05, 3.63) is 89.9 Å². The van der Waals surface area contributed by atoms with E-state index in [0.717, 1.165) is 22.0 Å². The number of fused-ring (bicyclic) bond motifs is 1. The quantitative estimate of drug-likeness (QED) is 0.386. The topological polar surface area (TPSA) is 87.2 Å². The fourth-order valence-electron chi connectivity index (χ4n) is 3.53. The molecule has 4 rings (SSSR count). The van der Waals surface area contributed by atoms with Crippen molar-refractivity contribution in [2.75, 3.05) is 19.0 Å². The SMILES string of the molecule is COc1cncc(NC(C(=O)c2c[nH]c3ccc(CCO)cc23)c2ccccc2)c1. The molecule has 0 bridgehead atoms. The second-order valence-electron chi connectivity index (χ2n) is 7.02. The minimum Gasteiger partial charge on any atom is -0.495 e. The molecule has 2 aromatic heterocycles. The van der Waals surface area contributed by atoms with Crippen molar-refractivity contribution in [2.45, 2.75) is 12.5 Å². The van der Waals surface area contributed by atoms with Crippen molar-refractivity contribution in [3.63, 3.8) is 0 Å². The van der Waals surface area contributed by atoms with Crippen LogP contribution < -0.4 is 10.1 Å². The summed E-state index contributed by atoms with van der Waals surface area (Å²) in [6.45, 7) is 0.0657. The van der Waals surface area contributed by atoms with Crippen molar-refractivity contribution in [1.82, 2.24) is 9.97 Å². The summed E-state index contributed by atoms with van der Waals surface area (Å²) in [4.78, 5) is 21.0. The van der Waals surface area contributed by atoms with E-state index in [-0.39, 0.29) is 12.4 Å². The number of nitrogens with one attached hydrogen (secondary N) is 2. The summed E-state index contributed by atoms with van der Waals surface area (Å²) < 4.78 is 5.26. The van der Waals surface area contributed by atoms with Crippen molar-refractivity contribution < 1.29 is 14.6 Å². The number of anilines is 1. The Morgan fingerprint density at radius 1 is 1.17 bits per heavy atom. The Kier molecular flexibility index (Phi) is 5.77. The first-order valence-corrected chi connectivity index (χ1v) is 9.75. The summed E-state index contributed by atoms with van der Waals surface area (Å²) in [5.74, 6) is 0.552. The predicted octanol–water partition coefficient (Wildman–Crippen LogP) is 4.14. The van der Waals surface area contributed by atoms with Crippen LogP contribution in [-0.2, 0) is 6.42 Å².